The average molecular weight is 390 g/mol. The van der Waals surface area contributed by atoms with Crippen LogP contribution in [0.25, 0.3) is 0 Å². The van der Waals surface area contributed by atoms with E-state index in [2.05, 4.69) is 52.6 Å². The van der Waals surface area contributed by atoms with Gasteiger partial charge in [-0.05, 0) is 25.7 Å². The van der Waals surface area contributed by atoms with Crippen molar-refractivity contribution < 1.29 is 0 Å². The maximum atomic E-state index is 4.77. The van der Waals surface area contributed by atoms with E-state index in [1.165, 1.54) is 16.3 Å². The number of aryl methyl sites for hydroxylation is 2. The van der Waals surface area contributed by atoms with Crippen molar-refractivity contribution >= 4 is 23.0 Å². The number of aromatic nitrogens is 3. The van der Waals surface area contributed by atoms with E-state index in [1.54, 1.807) is 11.3 Å². The van der Waals surface area contributed by atoms with Crippen molar-refractivity contribution in [3.63, 3.8) is 0 Å². The molecule has 0 amide bonds. The Balaban J connectivity index is 1.54. The summed E-state index contributed by atoms with van der Waals surface area (Å²) in [6.07, 6.45) is 6.32. The minimum absolute atomic E-state index is 0.370. The molecule has 1 aliphatic heterocycles. The standard InChI is InChI=1S/C19H31N7S/c1-13(2)18-14(3)27-17(24-18)10-21-19(20-4)23-15-7-6-8-26(11-15)16-9-22-25(5)12-16/h9,12-13,15H,6-8,10-11H2,1-5H3,(H2,20,21,23). The van der Waals surface area contributed by atoms with Crippen molar-refractivity contribution in [2.45, 2.75) is 52.1 Å². The van der Waals surface area contributed by atoms with Crippen LogP contribution in [-0.2, 0) is 13.6 Å². The van der Waals surface area contributed by atoms with Gasteiger partial charge in [-0.15, -0.1) is 11.3 Å². The molecule has 3 heterocycles. The molecule has 0 aliphatic carbocycles. The number of aliphatic imine (C=N–C) groups is 1. The van der Waals surface area contributed by atoms with E-state index in [0.717, 1.165) is 36.9 Å². The van der Waals surface area contributed by atoms with Crippen LogP contribution in [0.2, 0.25) is 0 Å². The lowest BCUT2D eigenvalue weighted by atomic mass is 10.1. The SMILES string of the molecule is CN=C(NCc1nc(C(C)C)c(C)s1)NC1CCCN(c2cnn(C)c2)C1. The topological polar surface area (TPSA) is 70.4 Å². The van der Waals surface area contributed by atoms with Gasteiger partial charge in [0.1, 0.15) is 5.01 Å². The zero-order valence-corrected chi connectivity index (χ0v) is 17.8. The van der Waals surface area contributed by atoms with Crippen molar-refractivity contribution in [2.24, 2.45) is 12.0 Å². The predicted molar refractivity (Wildman–Crippen MR) is 113 cm³/mol. The highest BCUT2D eigenvalue weighted by Gasteiger charge is 2.22. The molecule has 1 aliphatic rings. The molecule has 0 saturated carbocycles. The lowest BCUT2D eigenvalue weighted by molar-refractivity contribution is 0.468. The molecule has 3 rings (SSSR count). The first-order valence-electron chi connectivity index (χ1n) is 9.63. The molecule has 2 aromatic heterocycles. The zero-order chi connectivity index (χ0) is 19.4. The molecule has 7 nitrogen and oxygen atoms in total. The number of hydrogen-bond donors (Lipinski definition) is 2. The van der Waals surface area contributed by atoms with Crippen LogP contribution in [0.3, 0.4) is 0 Å². The molecule has 27 heavy (non-hydrogen) atoms. The van der Waals surface area contributed by atoms with Crippen LogP contribution in [-0.4, -0.2) is 46.9 Å². The summed E-state index contributed by atoms with van der Waals surface area (Å²) in [4.78, 5) is 12.9. The second kappa shape index (κ2) is 8.73. The van der Waals surface area contributed by atoms with Gasteiger partial charge in [0.25, 0.3) is 0 Å². The van der Waals surface area contributed by atoms with Crippen molar-refractivity contribution in [3.05, 3.63) is 28.0 Å². The Hall–Kier alpha value is -2.09. The molecule has 2 aromatic rings. The molecule has 1 unspecified atom stereocenters. The lowest BCUT2D eigenvalue weighted by Crippen LogP contribution is -2.51. The summed E-state index contributed by atoms with van der Waals surface area (Å²) in [5.41, 5.74) is 2.39. The molecule has 0 bridgehead atoms. The van der Waals surface area contributed by atoms with Gasteiger partial charge in [-0.2, -0.15) is 5.10 Å². The van der Waals surface area contributed by atoms with Crippen LogP contribution < -0.4 is 15.5 Å². The largest absolute Gasteiger partial charge is 0.367 e. The first-order valence-corrected chi connectivity index (χ1v) is 10.4. The quantitative estimate of drug-likeness (QED) is 0.608. The summed E-state index contributed by atoms with van der Waals surface area (Å²) in [5, 5.41) is 12.4. The number of thiazole rings is 1. The maximum Gasteiger partial charge on any atom is 0.191 e. The lowest BCUT2D eigenvalue weighted by Gasteiger charge is -2.34. The number of anilines is 1. The molecule has 148 valence electrons. The second-order valence-corrected chi connectivity index (χ2v) is 8.72. The molecule has 0 aromatic carbocycles. The van der Waals surface area contributed by atoms with E-state index in [-0.39, 0.29) is 0 Å². The highest BCUT2D eigenvalue weighted by atomic mass is 32.1. The highest BCUT2D eigenvalue weighted by molar-refractivity contribution is 7.11. The van der Waals surface area contributed by atoms with Crippen LogP contribution in [0, 0.1) is 6.92 Å². The molecule has 1 saturated heterocycles. The van der Waals surface area contributed by atoms with Crippen LogP contribution >= 0.6 is 11.3 Å². The van der Waals surface area contributed by atoms with Gasteiger partial charge in [0.2, 0.25) is 0 Å². The molecule has 1 fully saturated rings. The first-order chi connectivity index (χ1) is 13.0. The van der Waals surface area contributed by atoms with Gasteiger partial charge in [-0.3, -0.25) is 9.67 Å². The van der Waals surface area contributed by atoms with E-state index in [0.29, 0.717) is 18.5 Å². The summed E-state index contributed by atoms with van der Waals surface area (Å²) in [5.74, 6) is 1.31. The molecular formula is C19H31N7S. The summed E-state index contributed by atoms with van der Waals surface area (Å²) >= 11 is 1.77. The third-order valence-corrected chi connectivity index (χ3v) is 5.86. The van der Waals surface area contributed by atoms with Gasteiger partial charge in [0.05, 0.1) is 24.1 Å². The number of nitrogens with one attached hydrogen (secondary N) is 2. The van der Waals surface area contributed by atoms with Gasteiger partial charge in [-0.25, -0.2) is 4.98 Å². The van der Waals surface area contributed by atoms with Gasteiger partial charge < -0.3 is 15.5 Å². The van der Waals surface area contributed by atoms with E-state index >= 15 is 0 Å². The van der Waals surface area contributed by atoms with E-state index in [1.807, 2.05) is 25.0 Å². The molecule has 1 atom stereocenters. The van der Waals surface area contributed by atoms with Gasteiger partial charge in [0.15, 0.2) is 5.96 Å². The molecule has 8 heteroatoms. The van der Waals surface area contributed by atoms with Crippen molar-refractivity contribution in [1.82, 2.24) is 25.4 Å². The Morgan fingerprint density at radius 1 is 1.44 bits per heavy atom. The fourth-order valence-electron chi connectivity index (χ4n) is 3.52. The molecule has 2 N–H and O–H groups in total. The zero-order valence-electron chi connectivity index (χ0n) is 17.0. The van der Waals surface area contributed by atoms with E-state index < -0.39 is 0 Å². The smallest absolute Gasteiger partial charge is 0.191 e. The highest BCUT2D eigenvalue weighted by Crippen LogP contribution is 2.24. The Bertz CT molecular complexity index is 777. The minimum atomic E-state index is 0.370. The van der Waals surface area contributed by atoms with E-state index in [4.69, 9.17) is 4.98 Å². The van der Waals surface area contributed by atoms with Gasteiger partial charge >= 0.3 is 0 Å². The molecule has 0 radical (unpaired) electrons. The van der Waals surface area contributed by atoms with Crippen LogP contribution in [0.4, 0.5) is 5.69 Å². The third kappa shape index (κ3) is 5.00. The minimum Gasteiger partial charge on any atom is -0.367 e. The predicted octanol–water partition coefficient (Wildman–Crippen LogP) is 2.64. The maximum absolute atomic E-state index is 4.77. The summed E-state index contributed by atoms with van der Waals surface area (Å²) < 4.78 is 1.86. The van der Waals surface area contributed by atoms with Gasteiger partial charge in [-0.1, -0.05) is 13.8 Å². The first kappa shape index (κ1) is 19.7. The number of nitrogens with zero attached hydrogens (tertiary/aromatic N) is 5. The molecular weight excluding hydrogens is 358 g/mol. The average Bonchev–Trinajstić information content (AvgIpc) is 3.24. The fraction of sp³-hybridized carbons (Fsp3) is 0.632. The third-order valence-electron chi connectivity index (χ3n) is 4.87. The number of rotatable bonds is 5. The summed E-state index contributed by atoms with van der Waals surface area (Å²) in [7, 11) is 3.78. The summed E-state index contributed by atoms with van der Waals surface area (Å²) in [6, 6.07) is 0.370. The van der Waals surface area contributed by atoms with E-state index in [9.17, 15) is 0 Å². The van der Waals surface area contributed by atoms with Crippen molar-refractivity contribution in [3.8, 4) is 0 Å². The Morgan fingerprint density at radius 3 is 2.89 bits per heavy atom. The number of piperidine rings is 1. The number of hydrogen-bond acceptors (Lipinski definition) is 5. The summed E-state index contributed by atoms with van der Waals surface area (Å²) in [6.45, 7) is 9.27. The van der Waals surface area contributed by atoms with Crippen LogP contribution in [0.15, 0.2) is 17.4 Å². The van der Waals surface area contributed by atoms with Crippen LogP contribution in [0.5, 0.6) is 0 Å². The second-order valence-electron chi connectivity index (χ2n) is 7.43. The van der Waals surface area contributed by atoms with Gasteiger partial charge in [0, 0.05) is 44.3 Å². The Kier molecular flexibility index (Phi) is 6.36. The Morgan fingerprint density at radius 2 is 2.26 bits per heavy atom. The Labute approximate surface area is 165 Å². The van der Waals surface area contributed by atoms with Crippen LogP contribution in [0.1, 0.15) is 48.2 Å². The monoisotopic (exact) mass is 389 g/mol. The van der Waals surface area contributed by atoms with Crippen molar-refractivity contribution in [2.75, 3.05) is 25.0 Å². The van der Waals surface area contributed by atoms with Crippen molar-refractivity contribution in [1.29, 1.82) is 0 Å². The number of guanidine groups is 1. The fourth-order valence-corrected chi connectivity index (χ4v) is 4.55. The molecule has 0 spiro atoms. The normalized spacial score (nSPS) is 18.2.